The van der Waals surface area contributed by atoms with Crippen molar-refractivity contribution >= 4 is 5.82 Å². The lowest BCUT2D eigenvalue weighted by Gasteiger charge is -2.33. The molecule has 1 atom stereocenters. The van der Waals surface area contributed by atoms with Crippen molar-refractivity contribution in [1.82, 2.24) is 15.3 Å². The molecule has 3 rings (SSSR count). The molecule has 0 radical (unpaired) electrons. The molecule has 1 saturated carbocycles. The van der Waals surface area contributed by atoms with Crippen LogP contribution in [0.25, 0.3) is 0 Å². The molecule has 104 valence electrons. The molecule has 2 fully saturated rings. The smallest absolute Gasteiger partial charge is 0.132 e. The van der Waals surface area contributed by atoms with Gasteiger partial charge in [-0.2, -0.15) is 0 Å². The van der Waals surface area contributed by atoms with Gasteiger partial charge in [0.05, 0.1) is 0 Å². The van der Waals surface area contributed by atoms with Crippen molar-refractivity contribution in [1.29, 1.82) is 0 Å². The zero-order chi connectivity index (χ0) is 13.1. The van der Waals surface area contributed by atoms with Crippen LogP contribution in [0.2, 0.25) is 0 Å². The Hall–Kier alpha value is -1.16. The quantitative estimate of drug-likeness (QED) is 0.879. The van der Waals surface area contributed by atoms with Crippen molar-refractivity contribution in [2.45, 2.75) is 45.1 Å². The standard InChI is InChI=1S/C15H24N4/c1-2-13-8-15(18-11-17-13)19-7-3-4-12(10-19)9-16-14-5-6-14/h8,11-12,14,16H,2-7,9-10H2,1H3. The molecule has 2 heterocycles. The van der Waals surface area contributed by atoms with Crippen LogP contribution in [0.3, 0.4) is 0 Å². The highest BCUT2D eigenvalue weighted by molar-refractivity contribution is 5.39. The average molecular weight is 260 g/mol. The predicted octanol–water partition coefficient (Wildman–Crippen LogP) is 2.01. The van der Waals surface area contributed by atoms with Crippen LogP contribution >= 0.6 is 0 Å². The fourth-order valence-electron chi connectivity index (χ4n) is 2.81. The van der Waals surface area contributed by atoms with E-state index in [1.54, 1.807) is 6.33 Å². The van der Waals surface area contributed by atoms with Gasteiger partial charge in [-0.15, -0.1) is 0 Å². The fourth-order valence-corrected chi connectivity index (χ4v) is 2.81. The van der Waals surface area contributed by atoms with E-state index in [4.69, 9.17) is 0 Å². The van der Waals surface area contributed by atoms with Crippen molar-refractivity contribution in [3.63, 3.8) is 0 Å². The van der Waals surface area contributed by atoms with Crippen LogP contribution in [0.5, 0.6) is 0 Å². The third kappa shape index (κ3) is 3.44. The first-order valence-corrected chi connectivity index (χ1v) is 7.64. The largest absolute Gasteiger partial charge is 0.356 e. The molecule has 0 spiro atoms. The van der Waals surface area contributed by atoms with Gasteiger partial charge < -0.3 is 10.2 Å². The first kappa shape index (κ1) is 12.9. The van der Waals surface area contributed by atoms with Gasteiger partial charge in [0.1, 0.15) is 12.1 Å². The van der Waals surface area contributed by atoms with E-state index in [0.29, 0.717) is 0 Å². The molecule has 1 aromatic rings. The Morgan fingerprint density at radius 3 is 3.00 bits per heavy atom. The summed E-state index contributed by atoms with van der Waals surface area (Å²) in [5, 5.41) is 3.66. The minimum absolute atomic E-state index is 0.773. The third-order valence-electron chi connectivity index (χ3n) is 4.19. The van der Waals surface area contributed by atoms with Crippen LogP contribution in [-0.2, 0) is 6.42 Å². The van der Waals surface area contributed by atoms with Crippen LogP contribution in [0.4, 0.5) is 5.82 Å². The van der Waals surface area contributed by atoms with E-state index in [9.17, 15) is 0 Å². The van der Waals surface area contributed by atoms with Crippen molar-refractivity contribution in [3.8, 4) is 0 Å². The first-order valence-electron chi connectivity index (χ1n) is 7.64. The maximum atomic E-state index is 4.45. The highest BCUT2D eigenvalue weighted by Gasteiger charge is 2.25. The minimum Gasteiger partial charge on any atom is -0.356 e. The minimum atomic E-state index is 0.773. The summed E-state index contributed by atoms with van der Waals surface area (Å²) in [6, 6.07) is 2.97. The number of aryl methyl sites for hydroxylation is 1. The second-order valence-corrected chi connectivity index (χ2v) is 5.86. The number of rotatable bonds is 5. The van der Waals surface area contributed by atoms with Gasteiger partial charge in [0.25, 0.3) is 0 Å². The highest BCUT2D eigenvalue weighted by Crippen LogP contribution is 2.23. The average Bonchev–Trinajstić information content (AvgIpc) is 3.30. The fraction of sp³-hybridized carbons (Fsp3) is 0.733. The van der Waals surface area contributed by atoms with E-state index < -0.39 is 0 Å². The number of anilines is 1. The van der Waals surface area contributed by atoms with Crippen LogP contribution in [-0.4, -0.2) is 35.6 Å². The maximum Gasteiger partial charge on any atom is 0.132 e. The predicted molar refractivity (Wildman–Crippen MR) is 77.4 cm³/mol. The Morgan fingerprint density at radius 2 is 2.21 bits per heavy atom. The number of nitrogens with zero attached hydrogens (tertiary/aromatic N) is 3. The Labute approximate surface area is 115 Å². The van der Waals surface area contributed by atoms with Crippen LogP contribution in [0, 0.1) is 5.92 Å². The van der Waals surface area contributed by atoms with Crippen LogP contribution in [0.15, 0.2) is 12.4 Å². The number of piperidine rings is 1. The molecule has 0 bridgehead atoms. The SMILES string of the molecule is CCc1cc(N2CCCC(CNC3CC3)C2)ncn1. The zero-order valence-electron chi connectivity index (χ0n) is 11.8. The van der Waals surface area contributed by atoms with Gasteiger partial charge in [-0.25, -0.2) is 9.97 Å². The summed E-state index contributed by atoms with van der Waals surface area (Å²) in [6.07, 6.45) is 8.07. The summed E-state index contributed by atoms with van der Waals surface area (Å²) in [5.41, 5.74) is 1.14. The lowest BCUT2D eigenvalue weighted by molar-refractivity contribution is 0.389. The Kier molecular flexibility index (Phi) is 3.97. The van der Waals surface area contributed by atoms with Gasteiger partial charge in [-0.1, -0.05) is 6.92 Å². The highest BCUT2D eigenvalue weighted by atomic mass is 15.2. The van der Waals surface area contributed by atoms with Gasteiger partial charge >= 0.3 is 0 Å². The van der Waals surface area contributed by atoms with Gasteiger partial charge in [-0.05, 0) is 44.6 Å². The second-order valence-electron chi connectivity index (χ2n) is 5.86. The molecular weight excluding hydrogens is 236 g/mol. The summed E-state index contributed by atoms with van der Waals surface area (Å²) in [4.78, 5) is 11.2. The van der Waals surface area contributed by atoms with Gasteiger partial charge in [0.2, 0.25) is 0 Å². The molecular formula is C15H24N4. The molecule has 1 aromatic heterocycles. The van der Waals surface area contributed by atoms with Gasteiger partial charge in [0, 0.05) is 30.9 Å². The van der Waals surface area contributed by atoms with E-state index in [1.807, 2.05) is 0 Å². The molecule has 2 aliphatic rings. The topological polar surface area (TPSA) is 41.0 Å². The van der Waals surface area contributed by atoms with Crippen molar-refractivity contribution in [2.75, 3.05) is 24.5 Å². The Morgan fingerprint density at radius 1 is 1.32 bits per heavy atom. The molecule has 1 aliphatic heterocycles. The summed E-state index contributed by atoms with van der Waals surface area (Å²) >= 11 is 0. The van der Waals surface area contributed by atoms with E-state index in [2.05, 4.69) is 33.2 Å². The molecule has 1 saturated heterocycles. The van der Waals surface area contributed by atoms with Crippen molar-refractivity contribution < 1.29 is 0 Å². The monoisotopic (exact) mass is 260 g/mol. The number of nitrogens with one attached hydrogen (secondary N) is 1. The normalized spacial score (nSPS) is 23.6. The van der Waals surface area contributed by atoms with E-state index in [1.165, 1.54) is 32.2 Å². The molecule has 0 aromatic carbocycles. The molecule has 1 aliphatic carbocycles. The Bertz CT molecular complexity index is 416. The molecule has 1 unspecified atom stereocenters. The maximum absolute atomic E-state index is 4.45. The molecule has 1 N–H and O–H groups in total. The van der Waals surface area contributed by atoms with E-state index in [-0.39, 0.29) is 0 Å². The summed E-state index contributed by atoms with van der Waals surface area (Å²) < 4.78 is 0. The number of hydrogen-bond acceptors (Lipinski definition) is 4. The van der Waals surface area contributed by atoms with Crippen LogP contribution in [0.1, 0.15) is 38.3 Å². The molecule has 4 nitrogen and oxygen atoms in total. The third-order valence-corrected chi connectivity index (χ3v) is 4.19. The summed E-state index contributed by atoms with van der Waals surface area (Å²) in [5.74, 6) is 1.89. The molecule has 4 heteroatoms. The van der Waals surface area contributed by atoms with Gasteiger partial charge in [0.15, 0.2) is 0 Å². The molecule has 0 amide bonds. The van der Waals surface area contributed by atoms with Gasteiger partial charge in [-0.3, -0.25) is 0 Å². The zero-order valence-corrected chi connectivity index (χ0v) is 11.8. The van der Waals surface area contributed by atoms with Crippen molar-refractivity contribution in [3.05, 3.63) is 18.1 Å². The lowest BCUT2D eigenvalue weighted by Crippen LogP contribution is -2.40. The Balaban J connectivity index is 1.59. The first-order chi connectivity index (χ1) is 9.35. The van der Waals surface area contributed by atoms with E-state index >= 15 is 0 Å². The lowest BCUT2D eigenvalue weighted by atomic mass is 9.98. The van der Waals surface area contributed by atoms with E-state index in [0.717, 1.165) is 43.0 Å². The second kappa shape index (κ2) is 5.87. The summed E-state index contributed by atoms with van der Waals surface area (Å²) in [7, 11) is 0. The van der Waals surface area contributed by atoms with Crippen molar-refractivity contribution in [2.24, 2.45) is 5.92 Å². The molecule has 19 heavy (non-hydrogen) atoms. The number of hydrogen-bond donors (Lipinski definition) is 1. The summed E-state index contributed by atoms with van der Waals surface area (Å²) in [6.45, 7) is 5.59. The van der Waals surface area contributed by atoms with Crippen LogP contribution < -0.4 is 10.2 Å². The number of aromatic nitrogens is 2.